The zero-order valence-electron chi connectivity index (χ0n) is 9.68. The molecule has 0 spiro atoms. The summed E-state index contributed by atoms with van der Waals surface area (Å²) in [7, 11) is 1.92. The van der Waals surface area contributed by atoms with Crippen molar-refractivity contribution in [3.63, 3.8) is 0 Å². The second-order valence-corrected chi connectivity index (χ2v) is 4.04. The highest BCUT2D eigenvalue weighted by Crippen LogP contribution is 2.20. The molecule has 2 heterocycles. The van der Waals surface area contributed by atoms with E-state index in [1.807, 2.05) is 17.8 Å². The van der Waals surface area contributed by atoms with Gasteiger partial charge in [-0.2, -0.15) is 5.10 Å². The Morgan fingerprint density at radius 2 is 2.12 bits per heavy atom. The number of nitrogens with zero attached hydrogens (tertiary/aromatic N) is 4. The van der Waals surface area contributed by atoms with Crippen LogP contribution in [0.2, 0.25) is 0 Å². The molecule has 0 aliphatic heterocycles. The van der Waals surface area contributed by atoms with Crippen molar-refractivity contribution in [3.8, 4) is 11.5 Å². The van der Waals surface area contributed by atoms with Crippen molar-refractivity contribution in [3.05, 3.63) is 24.0 Å². The van der Waals surface area contributed by atoms with Crippen LogP contribution in [0, 0.1) is 0 Å². The predicted octanol–water partition coefficient (Wildman–Crippen LogP) is 1.58. The molecule has 0 aliphatic carbocycles. The monoisotopic (exact) mass is 217 g/mol. The molecule has 0 saturated carbocycles. The molecule has 84 valence electrons. The minimum absolute atomic E-state index is 0.423. The van der Waals surface area contributed by atoms with Crippen molar-refractivity contribution < 1.29 is 0 Å². The van der Waals surface area contributed by atoms with Crippen LogP contribution in [0.3, 0.4) is 0 Å². The molecule has 0 unspecified atom stereocenters. The second-order valence-electron chi connectivity index (χ2n) is 4.04. The van der Waals surface area contributed by atoms with E-state index in [1.54, 1.807) is 12.3 Å². The summed E-state index contributed by atoms with van der Waals surface area (Å²) in [5, 5.41) is 4.38. The molecule has 0 atom stereocenters. The molecule has 5 heteroatoms. The topological polar surface area (TPSA) is 69.6 Å². The van der Waals surface area contributed by atoms with Crippen LogP contribution >= 0.6 is 0 Å². The maximum atomic E-state index is 5.61. The summed E-state index contributed by atoms with van der Waals surface area (Å²) in [5.74, 6) is 1.46. The Kier molecular flexibility index (Phi) is 2.60. The van der Waals surface area contributed by atoms with Gasteiger partial charge in [0, 0.05) is 18.9 Å². The number of aryl methyl sites for hydroxylation is 1. The van der Waals surface area contributed by atoms with Crippen molar-refractivity contribution in [2.24, 2.45) is 7.05 Å². The Bertz CT molecular complexity index is 501. The van der Waals surface area contributed by atoms with Crippen LogP contribution in [-0.2, 0) is 7.05 Å². The highest BCUT2D eigenvalue weighted by Gasteiger charge is 2.11. The standard InChI is InChI=1S/C11H15N5/c1-7(2)9-6-8(15-16(9)3)11-13-5-4-10(12)14-11/h4-7H,1-3H3,(H2,12,13,14). The Hall–Kier alpha value is -1.91. The summed E-state index contributed by atoms with van der Waals surface area (Å²) in [6.45, 7) is 4.25. The highest BCUT2D eigenvalue weighted by atomic mass is 15.3. The van der Waals surface area contributed by atoms with Crippen molar-refractivity contribution in [2.45, 2.75) is 19.8 Å². The maximum absolute atomic E-state index is 5.61. The lowest BCUT2D eigenvalue weighted by Crippen LogP contribution is -1.99. The fourth-order valence-electron chi connectivity index (χ4n) is 1.63. The quantitative estimate of drug-likeness (QED) is 0.829. The predicted molar refractivity (Wildman–Crippen MR) is 62.7 cm³/mol. The van der Waals surface area contributed by atoms with E-state index < -0.39 is 0 Å². The molecule has 2 N–H and O–H groups in total. The smallest absolute Gasteiger partial charge is 0.182 e. The minimum Gasteiger partial charge on any atom is -0.384 e. The molecular weight excluding hydrogens is 202 g/mol. The highest BCUT2D eigenvalue weighted by molar-refractivity contribution is 5.51. The number of nitrogens with two attached hydrogens (primary N) is 1. The van der Waals surface area contributed by atoms with Crippen molar-refractivity contribution >= 4 is 5.82 Å². The van der Waals surface area contributed by atoms with Crippen LogP contribution in [0.5, 0.6) is 0 Å². The zero-order valence-corrected chi connectivity index (χ0v) is 9.68. The second kappa shape index (κ2) is 3.92. The van der Waals surface area contributed by atoms with E-state index in [0.717, 1.165) is 11.4 Å². The number of nitrogen functional groups attached to an aromatic ring is 1. The molecule has 0 bridgehead atoms. The third kappa shape index (κ3) is 1.88. The van der Waals surface area contributed by atoms with Gasteiger partial charge in [0.2, 0.25) is 0 Å². The molecule has 0 fully saturated rings. The summed E-state index contributed by atoms with van der Waals surface area (Å²) in [5.41, 5.74) is 7.53. The Morgan fingerprint density at radius 1 is 1.38 bits per heavy atom. The van der Waals surface area contributed by atoms with Crippen molar-refractivity contribution in [2.75, 3.05) is 5.73 Å². The Morgan fingerprint density at radius 3 is 2.69 bits per heavy atom. The SMILES string of the molecule is CC(C)c1cc(-c2nccc(N)n2)nn1C. The van der Waals surface area contributed by atoms with Crippen molar-refractivity contribution in [1.29, 1.82) is 0 Å². The molecule has 16 heavy (non-hydrogen) atoms. The molecule has 0 radical (unpaired) electrons. The van der Waals surface area contributed by atoms with Crippen LogP contribution in [-0.4, -0.2) is 19.7 Å². The minimum atomic E-state index is 0.423. The summed E-state index contributed by atoms with van der Waals surface area (Å²) >= 11 is 0. The van der Waals surface area contributed by atoms with E-state index in [9.17, 15) is 0 Å². The first-order valence-corrected chi connectivity index (χ1v) is 5.20. The van der Waals surface area contributed by atoms with Crippen LogP contribution in [0.15, 0.2) is 18.3 Å². The lowest BCUT2D eigenvalue weighted by atomic mass is 10.1. The number of rotatable bonds is 2. The molecule has 2 aromatic rings. The Labute approximate surface area is 94.3 Å². The van der Waals surface area contributed by atoms with Gasteiger partial charge in [0.25, 0.3) is 0 Å². The Balaban J connectivity index is 2.45. The normalized spacial score (nSPS) is 11.0. The summed E-state index contributed by atoms with van der Waals surface area (Å²) in [6.07, 6.45) is 1.64. The third-order valence-corrected chi connectivity index (χ3v) is 2.41. The van der Waals surface area contributed by atoms with Gasteiger partial charge >= 0.3 is 0 Å². The average molecular weight is 217 g/mol. The van der Waals surface area contributed by atoms with Gasteiger partial charge in [-0.05, 0) is 18.1 Å². The van der Waals surface area contributed by atoms with E-state index in [-0.39, 0.29) is 0 Å². The van der Waals surface area contributed by atoms with Crippen LogP contribution < -0.4 is 5.73 Å². The number of anilines is 1. The molecule has 0 aromatic carbocycles. The van der Waals surface area contributed by atoms with Gasteiger partial charge < -0.3 is 5.73 Å². The lowest BCUT2D eigenvalue weighted by molar-refractivity contribution is 0.670. The molecule has 2 aromatic heterocycles. The summed E-state index contributed by atoms with van der Waals surface area (Å²) in [6, 6.07) is 3.66. The molecule has 0 saturated heterocycles. The summed E-state index contributed by atoms with van der Waals surface area (Å²) in [4.78, 5) is 8.30. The lowest BCUT2D eigenvalue weighted by Gasteiger charge is -2.02. The van der Waals surface area contributed by atoms with Crippen LogP contribution in [0.1, 0.15) is 25.5 Å². The van der Waals surface area contributed by atoms with Gasteiger partial charge in [-0.15, -0.1) is 0 Å². The molecule has 5 nitrogen and oxygen atoms in total. The van der Waals surface area contributed by atoms with E-state index in [4.69, 9.17) is 5.73 Å². The molecular formula is C11H15N5. The van der Waals surface area contributed by atoms with E-state index in [0.29, 0.717) is 17.6 Å². The average Bonchev–Trinajstić information content (AvgIpc) is 2.60. The third-order valence-electron chi connectivity index (χ3n) is 2.41. The molecule has 2 rings (SSSR count). The maximum Gasteiger partial charge on any atom is 0.182 e. The van der Waals surface area contributed by atoms with Crippen molar-refractivity contribution in [1.82, 2.24) is 19.7 Å². The first-order chi connectivity index (χ1) is 7.58. The first kappa shape index (κ1) is 10.6. The van der Waals surface area contributed by atoms with Crippen LogP contribution in [0.4, 0.5) is 5.82 Å². The number of hydrogen-bond donors (Lipinski definition) is 1. The van der Waals surface area contributed by atoms with Gasteiger partial charge in [0.1, 0.15) is 11.5 Å². The van der Waals surface area contributed by atoms with Crippen LogP contribution in [0.25, 0.3) is 11.5 Å². The molecule has 0 aliphatic rings. The zero-order chi connectivity index (χ0) is 11.7. The fraction of sp³-hybridized carbons (Fsp3) is 0.364. The first-order valence-electron chi connectivity index (χ1n) is 5.20. The van der Waals surface area contributed by atoms with Gasteiger partial charge in [-0.1, -0.05) is 13.8 Å². The largest absolute Gasteiger partial charge is 0.384 e. The van der Waals surface area contributed by atoms with E-state index in [2.05, 4.69) is 28.9 Å². The van der Waals surface area contributed by atoms with Gasteiger partial charge in [-0.3, -0.25) is 4.68 Å². The van der Waals surface area contributed by atoms with Gasteiger partial charge in [0.15, 0.2) is 5.82 Å². The molecule has 0 amide bonds. The van der Waals surface area contributed by atoms with Gasteiger partial charge in [0.05, 0.1) is 0 Å². The van der Waals surface area contributed by atoms with Gasteiger partial charge in [-0.25, -0.2) is 9.97 Å². The fourth-order valence-corrected chi connectivity index (χ4v) is 1.63. The summed E-state index contributed by atoms with van der Waals surface area (Å²) < 4.78 is 1.85. The number of hydrogen-bond acceptors (Lipinski definition) is 4. The van der Waals surface area contributed by atoms with E-state index >= 15 is 0 Å². The number of aromatic nitrogens is 4. The van der Waals surface area contributed by atoms with E-state index in [1.165, 1.54) is 0 Å².